The second kappa shape index (κ2) is 7.99. The topological polar surface area (TPSA) is 83.4 Å². The molecule has 3 heterocycles. The van der Waals surface area contributed by atoms with Crippen LogP contribution in [0.5, 0.6) is 0 Å². The summed E-state index contributed by atoms with van der Waals surface area (Å²) in [5.74, 6) is 1.16. The van der Waals surface area contributed by atoms with Crippen LogP contribution in [0, 0.1) is 25.2 Å². The maximum absolute atomic E-state index is 12.7. The third kappa shape index (κ3) is 4.24. The van der Waals surface area contributed by atoms with Crippen LogP contribution in [0.3, 0.4) is 0 Å². The fourth-order valence-electron chi connectivity index (χ4n) is 3.67. The van der Waals surface area contributed by atoms with Gasteiger partial charge < -0.3 is 19.0 Å². The molecule has 7 nitrogen and oxygen atoms in total. The van der Waals surface area contributed by atoms with Crippen molar-refractivity contribution >= 4 is 11.7 Å². The van der Waals surface area contributed by atoms with Crippen LogP contribution >= 0.6 is 0 Å². The number of morpholine rings is 1. The van der Waals surface area contributed by atoms with Gasteiger partial charge in [0, 0.05) is 18.8 Å². The highest BCUT2D eigenvalue weighted by Gasteiger charge is 2.25. The van der Waals surface area contributed by atoms with E-state index in [4.69, 9.17) is 9.15 Å². The van der Waals surface area contributed by atoms with Gasteiger partial charge in [0.05, 0.1) is 37.1 Å². The van der Waals surface area contributed by atoms with Crippen LogP contribution in [-0.2, 0) is 16.1 Å². The van der Waals surface area contributed by atoms with Crippen LogP contribution in [-0.4, -0.2) is 47.2 Å². The Balaban J connectivity index is 1.79. The molecule has 7 heteroatoms. The number of nitrogens with one attached hydrogen (secondary N) is 1. The SMILES string of the molecule is Cc1c(C#N)c(NC(=O)CN2C[C@@H](C)O[C@H](C)C2)n(Cc2ccco2)c1C. The summed E-state index contributed by atoms with van der Waals surface area (Å²) in [6, 6.07) is 5.93. The molecule has 0 spiro atoms. The molecule has 0 aliphatic carbocycles. The van der Waals surface area contributed by atoms with Crippen molar-refractivity contribution in [1.82, 2.24) is 9.47 Å². The van der Waals surface area contributed by atoms with Crippen molar-refractivity contribution in [2.45, 2.75) is 46.4 Å². The number of ether oxygens (including phenoxy) is 1. The van der Waals surface area contributed by atoms with Gasteiger partial charge in [0.25, 0.3) is 0 Å². The zero-order valence-electron chi connectivity index (χ0n) is 16.3. The first-order chi connectivity index (χ1) is 12.9. The van der Waals surface area contributed by atoms with Crippen molar-refractivity contribution in [2.75, 3.05) is 25.0 Å². The Morgan fingerprint density at radius 1 is 1.33 bits per heavy atom. The van der Waals surface area contributed by atoms with Crippen LogP contribution in [0.1, 0.15) is 36.4 Å². The minimum Gasteiger partial charge on any atom is -0.467 e. The molecule has 1 N–H and O–H groups in total. The fraction of sp³-hybridized carbons (Fsp3) is 0.500. The van der Waals surface area contributed by atoms with E-state index in [-0.39, 0.29) is 24.7 Å². The number of amides is 1. The predicted molar refractivity (Wildman–Crippen MR) is 102 cm³/mol. The molecule has 1 amide bonds. The van der Waals surface area contributed by atoms with Gasteiger partial charge in [-0.25, -0.2) is 0 Å². The van der Waals surface area contributed by atoms with Crippen LogP contribution in [0.2, 0.25) is 0 Å². The van der Waals surface area contributed by atoms with E-state index >= 15 is 0 Å². The zero-order valence-corrected chi connectivity index (χ0v) is 16.3. The Morgan fingerprint density at radius 3 is 2.63 bits per heavy atom. The Kier molecular flexibility index (Phi) is 5.68. The van der Waals surface area contributed by atoms with Crippen molar-refractivity contribution in [3.8, 4) is 6.07 Å². The second-order valence-corrected chi connectivity index (χ2v) is 7.21. The number of aromatic nitrogens is 1. The second-order valence-electron chi connectivity index (χ2n) is 7.21. The van der Waals surface area contributed by atoms with Crippen molar-refractivity contribution in [2.24, 2.45) is 0 Å². The summed E-state index contributed by atoms with van der Waals surface area (Å²) in [5, 5.41) is 12.6. The van der Waals surface area contributed by atoms with E-state index in [9.17, 15) is 10.1 Å². The predicted octanol–water partition coefficient (Wildman–Crippen LogP) is 2.67. The number of nitriles is 1. The highest BCUT2D eigenvalue weighted by molar-refractivity contribution is 5.93. The first kappa shape index (κ1) is 19.2. The molecule has 144 valence electrons. The number of anilines is 1. The third-order valence-corrected chi connectivity index (χ3v) is 4.96. The summed E-state index contributed by atoms with van der Waals surface area (Å²) in [6.07, 6.45) is 1.82. The fourth-order valence-corrected chi connectivity index (χ4v) is 3.67. The lowest BCUT2D eigenvalue weighted by Crippen LogP contribution is -2.48. The molecular weight excluding hydrogens is 344 g/mol. The minimum absolute atomic E-state index is 0.100. The molecule has 2 aromatic rings. The average molecular weight is 370 g/mol. The quantitative estimate of drug-likeness (QED) is 0.875. The van der Waals surface area contributed by atoms with Crippen LogP contribution in [0.15, 0.2) is 22.8 Å². The first-order valence-corrected chi connectivity index (χ1v) is 9.18. The minimum atomic E-state index is -0.133. The average Bonchev–Trinajstić information content (AvgIpc) is 3.17. The maximum atomic E-state index is 12.7. The van der Waals surface area contributed by atoms with E-state index in [1.165, 1.54) is 0 Å². The molecule has 3 rings (SSSR count). The number of hydrogen-bond acceptors (Lipinski definition) is 5. The Labute approximate surface area is 159 Å². The zero-order chi connectivity index (χ0) is 19.6. The lowest BCUT2D eigenvalue weighted by molar-refractivity contribution is -0.121. The van der Waals surface area contributed by atoms with Crippen molar-refractivity contribution in [3.63, 3.8) is 0 Å². The van der Waals surface area contributed by atoms with Gasteiger partial charge in [-0.3, -0.25) is 9.69 Å². The number of furan rings is 1. The summed E-state index contributed by atoms with van der Waals surface area (Å²) in [6.45, 7) is 10.0. The smallest absolute Gasteiger partial charge is 0.239 e. The number of nitrogens with zero attached hydrogens (tertiary/aromatic N) is 3. The monoisotopic (exact) mass is 370 g/mol. The molecule has 1 fully saturated rings. The molecule has 27 heavy (non-hydrogen) atoms. The Hall–Kier alpha value is -2.56. The Bertz CT molecular complexity index is 838. The molecule has 2 atom stereocenters. The largest absolute Gasteiger partial charge is 0.467 e. The van der Waals surface area contributed by atoms with Gasteiger partial charge in [-0.05, 0) is 45.4 Å². The summed E-state index contributed by atoms with van der Waals surface area (Å²) in [5.41, 5.74) is 2.30. The molecule has 0 aromatic carbocycles. The number of rotatable bonds is 5. The number of carbonyl (C=O) groups is 1. The van der Waals surface area contributed by atoms with Crippen LogP contribution < -0.4 is 5.32 Å². The van der Waals surface area contributed by atoms with E-state index < -0.39 is 0 Å². The van der Waals surface area contributed by atoms with E-state index in [0.29, 0.717) is 31.0 Å². The highest BCUT2D eigenvalue weighted by atomic mass is 16.5. The van der Waals surface area contributed by atoms with E-state index in [1.54, 1.807) is 6.26 Å². The third-order valence-electron chi connectivity index (χ3n) is 4.96. The summed E-state index contributed by atoms with van der Waals surface area (Å²) in [7, 11) is 0. The summed E-state index contributed by atoms with van der Waals surface area (Å²) in [4.78, 5) is 14.8. The normalized spacial score (nSPS) is 20.4. The van der Waals surface area contributed by atoms with Crippen LogP contribution in [0.25, 0.3) is 0 Å². The molecule has 0 radical (unpaired) electrons. The first-order valence-electron chi connectivity index (χ1n) is 9.18. The molecule has 2 aromatic heterocycles. The highest BCUT2D eigenvalue weighted by Crippen LogP contribution is 2.27. The molecule has 0 bridgehead atoms. The van der Waals surface area contributed by atoms with Gasteiger partial charge >= 0.3 is 0 Å². The lowest BCUT2D eigenvalue weighted by atomic mass is 10.2. The van der Waals surface area contributed by atoms with Crippen molar-refractivity contribution in [3.05, 3.63) is 41.0 Å². The molecule has 0 saturated carbocycles. The maximum Gasteiger partial charge on any atom is 0.239 e. The standard InChI is InChI=1S/C20H26N4O3/c1-13-9-23(10-14(2)27-13)12-19(25)22-20-18(8-21)15(3)16(4)24(20)11-17-6-5-7-26-17/h5-7,13-14H,9-12H2,1-4H3,(H,22,25)/t13-,14-/m1/s1. The number of hydrogen-bond donors (Lipinski definition) is 1. The van der Waals surface area contributed by atoms with Gasteiger partial charge in [-0.2, -0.15) is 5.26 Å². The molecular formula is C20H26N4O3. The summed E-state index contributed by atoms with van der Waals surface area (Å²) >= 11 is 0. The molecule has 1 saturated heterocycles. The van der Waals surface area contributed by atoms with Gasteiger partial charge in [-0.15, -0.1) is 0 Å². The van der Waals surface area contributed by atoms with Crippen molar-refractivity contribution < 1.29 is 13.9 Å². The van der Waals surface area contributed by atoms with Crippen LogP contribution in [0.4, 0.5) is 5.82 Å². The lowest BCUT2D eigenvalue weighted by Gasteiger charge is -2.34. The van der Waals surface area contributed by atoms with Crippen molar-refractivity contribution in [1.29, 1.82) is 5.26 Å². The molecule has 0 unspecified atom stereocenters. The van der Waals surface area contributed by atoms with Gasteiger partial charge in [0.1, 0.15) is 17.6 Å². The number of carbonyl (C=O) groups excluding carboxylic acids is 1. The van der Waals surface area contributed by atoms with Gasteiger partial charge in [-0.1, -0.05) is 0 Å². The van der Waals surface area contributed by atoms with E-state index in [2.05, 4.69) is 16.3 Å². The van der Waals surface area contributed by atoms with Gasteiger partial charge in [0.2, 0.25) is 5.91 Å². The molecule has 1 aliphatic rings. The van der Waals surface area contributed by atoms with Gasteiger partial charge in [0.15, 0.2) is 0 Å². The van der Waals surface area contributed by atoms with E-state index in [0.717, 1.165) is 17.0 Å². The van der Waals surface area contributed by atoms with E-state index in [1.807, 2.05) is 44.4 Å². The molecule has 1 aliphatic heterocycles. The summed E-state index contributed by atoms with van der Waals surface area (Å²) < 4.78 is 13.1. The Morgan fingerprint density at radius 2 is 2.04 bits per heavy atom.